The van der Waals surface area contributed by atoms with E-state index in [1.54, 1.807) is 37.3 Å². The van der Waals surface area contributed by atoms with E-state index in [0.29, 0.717) is 12.0 Å². The number of alkyl halides is 3. The molecule has 0 saturated heterocycles. The van der Waals surface area contributed by atoms with Crippen molar-refractivity contribution in [2.45, 2.75) is 44.8 Å². The SMILES string of the molecule is CCC(C)C(C(=O)NC(CC(F)(F)F)C(=O)O)c1ccccc1. The molecule has 0 bridgehead atoms. The highest BCUT2D eigenvalue weighted by Crippen LogP contribution is 2.28. The molecule has 0 aliphatic carbocycles. The van der Waals surface area contributed by atoms with Gasteiger partial charge >= 0.3 is 12.1 Å². The molecule has 7 heteroatoms. The van der Waals surface area contributed by atoms with E-state index < -0.39 is 36.4 Å². The molecule has 4 nitrogen and oxygen atoms in total. The minimum Gasteiger partial charge on any atom is -0.480 e. The number of carboxylic acids is 1. The standard InChI is InChI=1S/C16H20F3NO3/c1-3-10(2)13(11-7-5-4-6-8-11)14(21)20-12(15(22)23)9-16(17,18)19/h4-8,10,12-13H,3,9H2,1-2H3,(H,20,21)(H,22,23). The molecule has 3 atom stereocenters. The first-order valence-electron chi connectivity index (χ1n) is 7.30. The molecule has 23 heavy (non-hydrogen) atoms. The second-order valence-electron chi connectivity index (χ2n) is 5.49. The van der Waals surface area contributed by atoms with Gasteiger partial charge in [-0.2, -0.15) is 13.2 Å². The number of rotatable bonds is 7. The first-order chi connectivity index (χ1) is 10.7. The second-order valence-corrected chi connectivity index (χ2v) is 5.49. The fraction of sp³-hybridized carbons (Fsp3) is 0.500. The van der Waals surface area contributed by atoms with Gasteiger partial charge in [0.05, 0.1) is 12.3 Å². The van der Waals surface area contributed by atoms with Gasteiger partial charge in [0.25, 0.3) is 0 Å². The summed E-state index contributed by atoms with van der Waals surface area (Å²) in [6.45, 7) is 3.66. The molecule has 1 amide bonds. The number of nitrogens with one attached hydrogen (secondary N) is 1. The third-order valence-corrected chi connectivity index (χ3v) is 3.70. The number of aliphatic carboxylic acids is 1. The quantitative estimate of drug-likeness (QED) is 0.805. The van der Waals surface area contributed by atoms with Crippen molar-refractivity contribution in [3.63, 3.8) is 0 Å². The molecule has 3 unspecified atom stereocenters. The number of amides is 1. The van der Waals surface area contributed by atoms with E-state index in [9.17, 15) is 22.8 Å². The lowest BCUT2D eigenvalue weighted by Gasteiger charge is -2.25. The van der Waals surface area contributed by atoms with Crippen molar-refractivity contribution in [1.29, 1.82) is 0 Å². The number of halogens is 3. The average molecular weight is 331 g/mol. The average Bonchev–Trinajstić information content (AvgIpc) is 2.46. The third kappa shape index (κ3) is 5.92. The van der Waals surface area contributed by atoms with Gasteiger partial charge in [0.2, 0.25) is 5.91 Å². The Balaban J connectivity index is 2.98. The molecule has 2 N–H and O–H groups in total. The van der Waals surface area contributed by atoms with Crippen LogP contribution in [0.25, 0.3) is 0 Å². The number of carbonyl (C=O) groups is 2. The van der Waals surface area contributed by atoms with Crippen LogP contribution >= 0.6 is 0 Å². The van der Waals surface area contributed by atoms with Crippen LogP contribution in [0.5, 0.6) is 0 Å². The predicted molar refractivity (Wildman–Crippen MR) is 78.9 cm³/mol. The van der Waals surface area contributed by atoms with Crippen molar-refractivity contribution in [1.82, 2.24) is 5.32 Å². The maximum atomic E-state index is 12.5. The van der Waals surface area contributed by atoms with E-state index in [0.717, 1.165) is 0 Å². The summed E-state index contributed by atoms with van der Waals surface area (Å²) in [5.41, 5.74) is 0.649. The molecule has 1 rings (SSSR count). The number of hydrogen-bond acceptors (Lipinski definition) is 2. The van der Waals surface area contributed by atoms with Gasteiger partial charge in [0, 0.05) is 0 Å². The Labute approximate surface area is 132 Å². The first kappa shape index (κ1) is 19.0. The largest absolute Gasteiger partial charge is 0.480 e. The van der Waals surface area contributed by atoms with E-state index >= 15 is 0 Å². The van der Waals surface area contributed by atoms with E-state index in [1.807, 2.05) is 12.2 Å². The van der Waals surface area contributed by atoms with Gasteiger partial charge in [-0.05, 0) is 11.5 Å². The Morgan fingerprint density at radius 2 is 1.78 bits per heavy atom. The monoisotopic (exact) mass is 331 g/mol. The molecular formula is C16H20F3NO3. The first-order valence-corrected chi connectivity index (χ1v) is 7.30. The Hall–Kier alpha value is -2.05. The summed E-state index contributed by atoms with van der Waals surface area (Å²) in [5.74, 6) is -3.25. The van der Waals surface area contributed by atoms with E-state index in [1.165, 1.54) is 0 Å². The van der Waals surface area contributed by atoms with E-state index in [2.05, 4.69) is 0 Å². The fourth-order valence-electron chi connectivity index (χ4n) is 2.33. The third-order valence-electron chi connectivity index (χ3n) is 3.70. The Bertz CT molecular complexity index is 531. The molecule has 1 aromatic carbocycles. The molecule has 0 aliphatic heterocycles. The summed E-state index contributed by atoms with van der Waals surface area (Å²) >= 11 is 0. The fourth-order valence-corrected chi connectivity index (χ4v) is 2.33. The van der Waals surface area contributed by atoms with Gasteiger partial charge in [-0.25, -0.2) is 4.79 Å². The van der Waals surface area contributed by atoms with Gasteiger partial charge in [0.15, 0.2) is 0 Å². The van der Waals surface area contributed by atoms with Gasteiger partial charge < -0.3 is 10.4 Å². The highest BCUT2D eigenvalue weighted by Gasteiger charge is 2.38. The lowest BCUT2D eigenvalue weighted by Crippen LogP contribution is -2.46. The van der Waals surface area contributed by atoms with Crippen molar-refractivity contribution in [3.8, 4) is 0 Å². The number of benzene rings is 1. The minimum absolute atomic E-state index is 0.141. The second kappa shape index (κ2) is 7.99. The van der Waals surface area contributed by atoms with Crippen LogP contribution in [-0.4, -0.2) is 29.2 Å². The lowest BCUT2D eigenvalue weighted by molar-refractivity contribution is -0.160. The van der Waals surface area contributed by atoms with Crippen LogP contribution in [0.2, 0.25) is 0 Å². The molecule has 0 fully saturated rings. The Morgan fingerprint density at radius 1 is 1.22 bits per heavy atom. The van der Waals surface area contributed by atoms with Crippen LogP contribution in [0.3, 0.4) is 0 Å². The normalized spacial score (nSPS) is 15.5. The lowest BCUT2D eigenvalue weighted by atomic mass is 9.84. The van der Waals surface area contributed by atoms with Crippen molar-refractivity contribution < 1.29 is 27.9 Å². The summed E-state index contributed by atoms with van der Waals surface area (Å²) in [6, 6.07) is 6.63. The molecular weight excluding hydrogens is 311 g/mol. The zero-order chi connectivity index (χ0) is 17.6. The minimum atomic E-state index is -4.67. The molecule has 0 heterocycles. The number of hydrogen-bond donors (Lipinski definition) is 2. The molecule has 1 aromatic rings. The maximum absolute atomic E-state index is 12.5. The van der Waals surface area contributed by atoms with E-state index in [4.69, 9.17) is 5.11 Å². The maximum Gasteiger partial charge on any atom is 0.391 e. The van der Waals surface area contributed by atoms with Gasteiger partial charge in [-0.1, -0.05) is 50.6 Å². The van der Waals surface area contributed by atoms with Crippen molar-refractivity contribution >= 4 is 11.9 Å². The molecule has 0 saturated carbocycles. The molecule has 0 spiro atoms. The zero-order valence-corrected chi connectivity index (χ0v) is 12.9. The van der Waals surface area contributed by atoms with Crippen LogP contribution in [0.1, 0.15) is 38.2 Å². The van der Waals surface area contributed by atoms with Gasteiger partial charge in [0.1, 0.15) is 6.04 Å². The van der Waals surface area contributed by atoms with Crippen LogP contribution in [0.4, 0.5) is 13.2 Å². The van der Waals surface area contributed by atoms with Crippen molar-refractivity contribution in [3.05, 3.63) is 35.9 Å². The Kier molecular flexibility index (Phi) is 6.60. The van der Waals surface area contributed by atoms with Crippen LogP contribution < -0.4 is 5.32 Å². The topological polar surface area (TPSA) is 66.4 Å². The zero-order valence-electron chi connectivity index (χ0n) is 12.9. The van der Waals surface area contributed by atoms with Gasteiger partial charge in [-0.15, -0.1) is 0 Å². The molecule has 0 aliphatic rings. The van der Waals surface area contributed by atoms with Crippen LogP contribution in [-0.2, 0) is 9.59 Å². The van der Waals surface area contributed by atoms with Crippen molar-refractivity contribution in [2.24, 2.45) is 5.92 Å². The molecule has 0 radical (unpaired) electrons. The predicted octanol–water partition coefficient (Wildman–Crippen LogP) is 3.34. The summed E-state index contributed by atoms with van der Waals surface area (Å²) < 4.78 is 37.4. The smallest absolute Gasteiger partial charge is 0.391 e. The summed E-state index contributed by atoms with van der Waals surface area (Å²) in [6.07, 6.45) is -5.64. The number of carbonyl (C=O) groups excluding carboxylic acids is 1. The summed E-state index contributed by atoms with van der Waals surface area (Å²) in [5, 5.41) is 10.9. The summed E-state index contributed by atoms with van der Waals surface area (Å²) in [7, 11) is 0. The number of carboxylic acid groups (broad SMARTS) is 1. The molecule has 128 valence electrons. The summed E-state index contributed by atoms with van der Waals surface area (Å²) in [4.78, 5) is 23.4. The Morgan fingerprint density at radius 3 is 2.22 bits per heavy atom. The van der Waals surface area contributed by atoms with Crippen LogP contribution in [0.15, 0.2) is 30.3 Å². The highest BCUT2D eigenvalue weighted by molar-refractivity contribution is 5.88. The van der Waals surface area contributed by atoms with Crippen LogP contribution in [0, 0.1) is 5.92 Å². The van der Waals surface area contributed by atoms with Gasteiger partial charge in [-0.3, -0.25) is 4.79 Å². The van der Waals surface area contributed by atoms with Crippen molar-refractivity contribution in [2.75, 3.05) is 0 Å². The molecule has 0 aromatic heterocycles. The van der Waals surface area contributed by atoms with E-state index in [-0.39, 0.29) is 5.92 Å². The highest BCUT2D eigenvalue weighted by atomic mass is 19.4.